The summed E-state index contributed by atoms with van der Waals surface area (Å²) < 4.78 is 9.43. The summed E-state index contributed by atoms with van der Waals surface area (Å²) in [6, 6.07) is 0. The SMILES string of the molecule is COC(=O)/C=C(\C)CC/C=C(\C)CCCOC(C)=O. The van der Waals surface area contributed by atoms with Crippen molar-refractivity contribution in [3.8, 4) is 0 Å². The number of methoxy groups -OCH3 is 1. The van der Waals surface area contributed by atoms with E-state index in [1.165, 1.54) is 25.7 Å². The van der Waals surface area contributed by atoms with Crippen LogP contribution in [0, 0.1) is 0 Å². The van der Waals surface area contributed by atoms with E-state index in [1.54, 1.807) is 0 Å². The summed E-state index contributed by atoms with van der Waals surface area (Å²) in [7, 11) is 1.37. The molecule has 0 bridgehead atoms. The summed E-state index contributed by atoms with van der Waals surface area (Å²) in [6.45, 7) is 5.87. The van der Waals surface area contributed by atoms with Gasteiger partial charge >= 0.3 is 11.9 Å². The Kier molecular flexibility index (Phi) is 9.49. The van der Waals surface area contributed by atoms with Crippen molar-refractivity contribution in [3.05, 3.63) is 23.3 Å². The zero-order chi connectivity index (χ0) is 14.7. The normalized spacial score (nSPS) is 12.2. The fraction of sp³-hybridized carbons (Fsp3) is 0.600. The summed E-state index contributed by atoms with van der Waals surface area (Å²) in [4.78, 5) is 21.6. The third kappa shape index (κ3) is 11.3. The minimum Gasteiger partial charge on any atom is -0.466 e. The van der Waals surface area contributed by atoms with Crippen LogP contribution in [0.25, 0.3) is 0 Å². The number of allylic oxidation sites excluding steroid dienone is 3. The molecule has 4 heteroatoms. The average Bonchev–Trinajstić information content (AvgIpc) is 2.34. The number of ether oxygens (including phenoxy) is 2. The Labute approximate surface area is 115 Å². The van der Waals surface area contributed by atoms with Crippen LogP contribution in [-0.4, -0.2) is 25.7 Å². The predicted octanol–water partition coefficient (Wildman–Crippen LogP) is 3.18. The summed E-state index contributed by atoms with van der Waals surface area (Å²) in [5, 5.41) is 0. The van der Waals surface area contributed by atoms with Crippen LogP contribution in [0.5, 0.6) is 0 Å². The molecule has 0 amide bonds. The van der Waals surface area contributed by atoms with Gasteiger partial charge in [-0.05, 0) is 39.5 Å². The van der Waals surface area contributed by atoms with Gasteiger partial charge in [0.1, 0.15) is 0 Å². The Hall–Kier alpha value is -1.58. The Morgan fingerprint density at radius 2 is 1.74 bits per heavy atom. The third-order valence-electron chi connectivity index (χ3n) is 2.62. The molecule has 0 spiro atoms. The van der Waals surface area contributed by atoms with E-state index >= 15 is 0 Å². The van der Waals surface area contributed by atoms with Crippen LogP contribution in [0.1, 0.15) is 46.5 Å². The van der Waals surface area contributed by atoms with Crippen molar-refractivity contribution in [2.75, 3.05) is 13.7 Å². The van der Waals surface area contributed by atoms with Crippen molar-refractivity contribution in [2.24, 2.45) is 0 Å². The fourth-order valence-electron chi connectivity index (χ4n) is 1.55. The van der Waals surface area contributed by atoms with Gasteiger partial charge in [0, 0.05) is 13.0 Å². The van der Waals surface area contributed by atoms with Gasteiger partial charge in [-0.1, -0.05) is 17.2 Å². The van der Waals surface area contributed by atoms with Crippen LogP contribution in [0.3, 0.4) is 0 Å². The number of rotatable bonds is 8. The number of carbonyl (C=O) groups is 2. The standard InChI is InChI=1S/C15H24O4/c1-12(9-6-10-19-14(3)16)7-5-8-13(2)11-15(17)18-4/h7,11H,5-6,8-10H2,1-4H3/b12-7+,13-11+. The molecule has 19 heavy (non-hydrogen) atoms. The second-order valence-corrected chi connectivity index (χ2v) is 4.55. The van der Waals surface area contributed by atoms with E-state index in [1.807, 2.05) is 6.92 Å². The van der Waals surface area contributed by atoms with Gasteiger partial charge in [-0.15, -0.1) is 0 Å². The highest BCUT2D eigenvalue weighted by Gasteiger charge is 1.97. The summed E-state index contributed by atoms with van der Waals surface area (Å²) in [5.74, 6) is -0.537. The Morgan fingerprint density at radius 1 is 1.05 bits per heavy atom. The minimum absolute atomic E-state index is 0.231. The van der Waals surface area contributed by atoms with Crippen LogP contribution in [0.15, 0.2) is 23.3 Å². The van der Waals surface area contributed by atoms with Crippen LogP contribution < -0.4 is 0 Å². The molecule has 0 aromatic heterocycles. The van der Waals surface area contributed by atoms with Crippen molar-refractivity contribution >= 4 is 11.9 Å². The quantitative estimate of drug-likeness (QED) is 0.294. The lowest BCUT2D eigenvalue weighted by Gasteiger charge is -2.03. The smallest absolute Gasteiger partial charge is 0.330 e. The molecule has 0 aliphatic heterocycles. The molecule has 0 atom stereocenters. The molecule has 0 N–H and O–H groups in total. The van der Waals surface area contributed by atoms with E-state index in [0.717, 1.165) is 31.3 Å². The zero-order valence-electron chi connectivity index (χ0n) is 12.3. The molecule has 0 saturated heterocycles. The van der Waals surface area contributed by atoms with Gasteiger partial charge < -0.3 is 9.47 Å². The van der Waals surface area contributed by atoms with E-state index in [2.05, 4.69) is 17.7 Å². The molecule has 4 nitrogen and oxygen atoms in total. The summed E-state index contributed by atoms with van der Waals surface area (Å²) in [6.07, 6.45) is 7.19. The van der Waals surface area contributed by atoms with Crippen LogP contribution in [0.2, 0.25) is 0 Å². The van der Waals surface area contributed by atoms with Crippen molar-refractivity contribution < 1.29 is 19.1 Å². The van der Waals surface area contributed by atoms with Gasteiger partial charge in [-0.3, -0.25) is 4.79 Å². The summed E-state index contributed by atoms with van der Waals surface area (Å²) >= 11 is 0. The zero-order valence-corrected chi connectivity index (χ0v) is 12.3. The van der Waals surface area contributed by atoms with Crippen molar-refractivity contribution in [2.45, 2.75) is 46.5 Å². The fourth-order valence-corrected chi connectivity index (χ4v) is 1.55. The highest BCUT2D eigenvalue weighted by atomic mass is 16.5. The van der Waals surface area contributed by atoms with E-state index in [0.29, 0.717) is 6.61 Å². The topological polar surface area (TPSA) is 52.6 Å². The van der Waals surface area contributed by atoms with Crippen molar-refractivity contribution in [3.63, 3.8) is 0 Å². The average molecular weight is 268 g/mol. The lowest BCUT2D eigenvalue weighted by Crippen LogP contribution is -2.00. The van der Waals surface area contributed by atoms with E-state index < -0.39 is 0 Å². The van der Waals surface area contributed by atoms with Gasteiger partial charge in [0.2, 0.25) is 0 Å². The van der Waals surface area contributed by atoms with Crippen LogP contribution in [0.4, 0.5) is 0 Å². The lowest BCUT2D eigenvalue weighted by molar-refractivity contribution is -0.141. The molecule has 0 aliphatic carbocycles. The highest BCUT2D eigenvalue weighted by molar-refractivity contribution is 5.82. The molecule has 0 saturated carbocycles. The molecule has 0 aromatic carbocycles. The first-order valence-electron chi connectivity index (χ1n) is 6.49. The molecular formula is C15H24O4. The molecule has 0 heterocycles. The van der Waals surface area contributed by atoms with Gasteiger partial charge in [-0.25, -0.2) is 4.79 Å². The predicted molar refractivity (Wildman–Crippen MR) is 74.6 cm³/mol. The van der Waals surface area contributed by atoms with Gasteiger partial charge in [0.15, 0.2) is 0 Å². The van der Waals surface area contributed by atoms with Crippen molar-refractivity contribution in [1.82, 2.24) is 0 Å². The molecule has 0 aliphatic rings. The maximum atomic E-state index is 11.0. The molecule has 0 rings (SSSR count). The Morgan fingerprint density at radius 3 is 2.32 bits per heavy atom. The molecule has 0 radical (unpaired) electrons. The minimum atomic E-state index is -0.306. The number of hydrogen-bond donors (Lipinski definition) is 0. The largest absolute Gasteiger partial charge is 0.466 e. The van der Waals surface area contributed by atoms with Crippen molar-refractivity contribution in [1.29, 1.82) is 0 Å². The highest BCUT2D eigenvalue weighted by Crippen LogP contribution is 2.10. The first-order valence-corrected chi connectivity index (χ1v) is 6.49. The Balaban J connectivity index is 3.83. The molecule has 108 valence electrons. The monoisotopic (exact) mass is 268 g/mol. The molecule has 0 fully saturated rings. The Bertz CT molecular complexity index is 353. The van der Waals surface area contributed by atoms with Gasteiger partial charge in [0.05, 0.1) is 13.7 Å². The molecule has 0 aromatic rings. The van der Waals surface area contributed by atoms with Crippen LogP contribution >= 0.6 is 0 Å². The van der Waals surface area contributed by atoms with E-state index in [-0.39, 0.29) is 11.9 Å². The molecule has 0 unspecified atom stereocenters. The van der Waals surface area contributed by atoms with Gasteiger partial charge in [-0.2, -0.15) is 0 Å². The number of esters is 2. The lowest BCUT2D eigenvalue weighted by atomic mass is 10.1. The van der Waals surface area contributed by atoms with E-state index in [9.17, 15) is 9.59 Å². The first kappa shape index (κ1) is 17.4. The maximum absolute atomic E-state index is 11.0. The summed E-state index contributed by atoms with van der Waals surface area (Å²) in [5.41, 5.74) is 2.29. The third-order valence-corrected chi connectivity index (χ3v) is 2.62. The second kappa shape index (κ2) is 10.4. The molecular weight excluding hydrogens is 244 g/mol. The maximum Gasteiger partial charge on any atom is 0.330 e. The second-order valence-electron chi connectivity index (χ2n) is 4.55. The van der Waals surface area contributed by atoms with Crippen LogP contribution in [-0.2, 0) is 19.1 Å². The number of hydrogen-bond acceptors (Lipinski definition) is 4. The van der Waals surface area contributed by atoms with E-state index in [4.69, 9.17) is 4.74 Å². The first-order chi connectivity index (χ1) is 8.95. The number of carbonyl (C=O) groups excluding carboxylic acids is 2. The van der Waals surface area contributed by atoms with Gasteiger partial charge in [0.25, 0.3) is 0 Å².